The highest BCUT2D eigenvalue weighted by Gasteiger charge is 2.25. The molecule has 0 radical (unpaired) electrons. The molecule has 1 atom stereocenters. The minimum atomic E-state index is -3.76. The van der Waals surface area contributed by atoms with Gasteiger partial charge in [-0.25, -0.2) is 21.6 Å². The molecular formula is C11H18N2O5S2. The van der Waals surface area contributed by atoms with E-state index in [0.717, 1.165) is 4.31 Å². The average Bonchev–Trinajstić information content (AvgIpc) is 2.45. The van der Waals surface area contributed by atoms with Gasteiger partial charge in [-0.2, -0.15) is 4.31 Å². The SMILES string of the molecule is CNS(=O)(=O)c1ccc(S(=O)(=O)N(C)C(C)CO)cc1. The number of hydrogen-bond donors (Lipinski definition) is 2. The summed E-state index contributed by atoms with van der Waals surface area (Å²) < 4.78 is 50.7. The second kappa shape index (κ2) is 6.19. The molecule has 0 amide bonds. The Morgan fingerprint density at radius 3 is 2.00 bits per heavy atom. The third-order valence-electron chi connectivity index (χ3n) is 2.96. The van der Waals surface area contributed by atoms with Gasteiger partial charge in [0.2, 0.25) is 20.0 Å². The second-order valence-corrected chi connectivity index (χ2v) is 8.12. The Hall–Kier alpha value is -1.00. The first-order chi connectivity index (χ1) is 9.16. The maximum absolute atomic E-state index is 12.2. The summed E-state index contributed by atoms with van der Waals surface area (Å²) in [4.78, 5) is -0.0489. The molecule has 2 N–H and O–H groups in total. The Kier molecular flexibility index (Phi) is 5.27. The zero-order valence-corrected chi connectivity index (χ0v) is 13.1. The maximum Gasteiger partial charge on any atom is 0.243 e. The lowest BCUT2D eigenvalue weighted by atomic mass is 10.4. The number of benzene rings is 1. The van der Waals surface area contributed by atoms with Crippen molar-refractivity contribution < 1.29 is 21.9 Å². The van der Waals surface area contributed by atoms with Crippen LogP contribution in [-0.4, -0.2) is 53.0 Å². The molecule has 0 aliphatic rings. The molecule has 9 heteroatoms. The van der Waals surface area contributed by atoms with Crippen molar-refractivity contribution in [3.8, 4) is 0 Å². The van der Waals surface area contributed by atoms with Gasteiger partial charge < -0.3 is 5.11 Å². The first-order valence-electron chi connectivity index (χ1n) is 5.79. The summed E-state index contributed by atoms with van der Waals surface area (Å²) >= 11 is 0. The van der Waals surface area contributed by atoms with Gasteiger partial charge in [0, 0.05) is 13.1 Å². The van der Waals surface area contributed by atoms with Gasteiger partial charge in [0.05, 0.1) is 16.4 Å². The molecule has 1 aromatic carbocycles. The summed E-state index contributed by atoms with van der Waals surface area (Å²) in [7, 11) is -4.73. The van der Waals surface area contributed by atoms with E-state index in [1.54, 1.807) is 6.92 Å². The Labute approximate surface area is 119 Å². The number of likely N-dealkylation sites (N-methyl/N-ethyl adjacent to an activating group) is 1. The summed E-state index contributed by atoms with van der Waals surface area (Å²) in [5.74, 6) is 0. The predicted molar refractivity (Wildman–Crippen MR) is 74.2 cm³/mol. The van der Waals surface area contributed by atoms with E-state index >= 15 is 0 Å². The van der Waals surface area contributed by atoms with Crippen LogP contribution in [0.4, 0.5) is 0 Å². The van der Waals surface area contributed by atoms with Crippen LogP contribution >= 0.6 is 0 Å². The molecule has 1 aromatic rings. The van der Waals surface area contributed by atoms with Crippen molar-refractivity contribution in [3.63, 3.8) is 0 Å². The lowest BCUT2D eigenvalue weighted by molar-refractivity contribution is 0.214. The number of nitrogens with zero attached hydrogens (tertiary/aromatic N) is 1. The third kappa shape index (κ3) is 3.36. The molecule has 0 aliphatic carbocycles. The molecule has 1 rings (SSSR count). The molecule has 0 saturated carbocycles. The number of rotatable bonds is 6. The van der Waals surface area contributed by atoms with Gasteiger partial charge in [0.15, 0.2) is 0 Å². The van der Waals surface area contributed by atoms with Crippen LogP contribution < -0.4 is 4.72 Å². The molecule has 0 saturated heterocycles. The zero-order chi connectivity index (χ0) is 15.6. The van der Waals surface area contributed by atoms with E-state index in [0.29, 0.717) is 0 Å². The van der Waals surface area contributed by atoms with Gasteiger partial charge in [-0.05, 0) is 38.2 Å². The molecule has 0 heterocycles. The van der Waals surface area contributed by atoms with Gasteiger partial charge in [-0.3, -0.25) is 0 Å². The van der Waals surface area contributed by atoms with Crippen LogP contribution in [-0.2, 0) is 20.0 Å². The Morgan fingerprint density at radius 2 is 1.60 bits per heavy atom. The highest BCUT2D eigenvalue weighted by molar-refractivity contribution is 7.89. The lowest BCUT2D eigenvalue weighted by Gasteiger charge is -2.22. The standard InChI is InChI=1S/C11H18N2O5S2/c1-9(8-14)13(3)20(17,18)11-6-4-10(5-7-11)19(15,16)12-2/h4-7,9,12,14H,8H2,1-3H3. The maximum atomic E-state index is 12.2. The first kappa shape index (κ1) is 17.1. The fourth-order valence-corrected chi connectivity index (χ4v) is 3.51. The minimum Gasteiger partial charge on any atom is -0.395 e. The quantitative estimate of drug-likeness (QED) is 0.741. The van der Waals surface area contributed by atoms with Gasteiger partial charge >= 0.3 is 0 Å². The monoisotopic (exact) mass is 322 g/mol. The van der Waals surface area contributed by atoms with Gasteiger partial charge in [-0.15, -0.1) is 0 Å². The van der Waals surface area contributed by atoms with Gasteiger partial charge in [0.1, 0.15) is 0 Å². The van der Waals surface area contributed by atoms with Crippen molar-refractivity contribution in [1.29, 1.82) is 0 Å². The second-order valence-electron chi connectivity index (χ2n) is 4.23. The molecule has 0 aromatic heterocycles. The molecule has 7 nitrogen and oxygen atoms in total. The molecule has 0 bridgehead atoms. The smallest absolute Gasteiger partial charge is 0.243 e. The van der Waals surface area contributed by atoms with Crippen LogP contribution in [0.25, 0.3) is 0 Å². The summed E-state index contributed by atoms with van der Waals surface area (Å²) in [6, 6.07) is 4.31. The van der Waals surface area contributed by atoms with Gasteiger partial charge in [0.25, 0.3) is 0 Å². The normalized spacial score (nSPS) is 14.4. The summed E-state index contributed by atoms with van der Waals surface area (Å²) in [6.07, 6.45) is 0. The van der Waals surface area contributed by atoms with Gasteiger partial charge in [-0.1, -0.05) is 0 Å². The number of aliphatic hydroxyl groups excluding tert-OH is 1. The zero-order valence-electron chi connectivity index (χ0n) is 11.4. The van der Waals surface area contributed by atoms with Crippen molar-refractivity contribution in [1.82, 2.24) is 9.03 Å². The van der Waals surface area contributed by atoms with E-state index in [1.807, 2.05) is 0 Å². The fourth-order valence-electron chi connectivity index (χ4n) is 1.43. The Morgan fingerprint density at radius 1 is 1.15 bits per heavy atom. The molecular weight excluding hydrogens is 304 g/mol. The number of nitrogens with one attached hydrogen (secondary N) is 1. The molecule has 0 spiro atoms. The summed E-state index contributed by atoms with van der Waals surface area (Å²) in [6.45, 7) is 1.26. The van der Waals surface area contributed by atoms with Crippen molar-refractivity contribution >= 4 is 20.0 Å². The first-order valence-corrected chi connectivity index (χ1v) is 8.71. The molecule has 20 heavy (non-hydrogen) atoms. The van der Waals surface area contributed by atoms with Crippen LogP contribution in [0.5, 0.6) is 0 Å². The van der Waals surface area contributed by atoms with Crippen molar-refractivity contribution in [2.45, 2.75) is 22.8 Å². The van der Waals surface area contributed by atoms with E-state index < -0.39 is 26.1 Å². The van der Waals surface area contributed by atoms with Crippen LogP contribution in [0.1, 0.15) is 6.92 Å². The Bertz CT molecular complexity index is 653. The molecule has 1 unspecified atom stereocenters. The Balaban J connectivity index is 3.17. The largest absolute Gasteiger partial charge is 0.395 e. The van der Waals surface area contributed by atoms with Crippen LogP contribution in [0, 0.1) is 0 Å². The summed E-state index contributed by atoms with van der Waals surface area (Å²) in [5.41, 5.74) is 0. The highest BCUT2D eigenvalue weighted by Crippen LogP contribution is 2.18. The molecule has 0 aliphatic heterocycles. The minimum absolute atomic E-state index is 0.0168. The van der Waals surface area contributed by atoms with E-state index in [-0.39, 0.29) is 16.4 Å². The average molecular weight is 322 g/mol. The number of aliphatic hydroxyl groups is 1. The number of sulfonamides is 2. The fraction of sp³-hybridized carbons (Fsp3) is 0.455. The van der Waals surface area contributed by atoms with E-state index in [2.05, 4.69) is 4.72 Å². The predicted octanol–water partition coefficient (Wildman–Crippen LogP) is -0.404. The molecule has 114 valence electrons. The topological polar surface area (TPSA) is 104 Å². The van der Waals surface area contributed by atoms with E-state index in [4.69, 9.17) is 5.11 Å². The highest BCUT2D eigenvalue weighted by atomic mass is 32.2. The van der Waals surface area contributed by atoms with Crippen molar-refractivity contribution in [2.24, 2.45) is 0 Å². The van der Waals surface area contributed by atoms with E-state index in [1.165, 1.54) is 38.4 Å². The van der Waals surface area contributed by atoms with Crippen LogP contribution in [0.15, 0.2) is 34.1 Å². The van der Waals surface area contributed by atoms with Crippen molar-refractivity contribution in [2.75, 3.05) is 20.7 Å². The molecule has 0 fully saturated rings. The van der Waals surface area contributed by atoms with E-state index in [9.17, 15) is 16.8 Å². The van der Waals surface area contributed by atoms with Crippen molar-refractivity contribution in [3.05, 3.63) is 24.3 Å². The van der Waals surface area contributed by atoms with Crippen LogP contribution in [0.3, 0.4) is 0 Å². The lowest BCUT2D eigenvalue weighted by Crippen LogP contribution is -2.37. The summed E-state index contributed by atoms with van der Waals surface area (Å²) in [5, 5.41) is 9.00. The number of hydrogen-bond acceptors (Lipinski definition) is 5. The van der Waals surface area contributed by atoms with Crippen LogP contribution in [0.2, 0.25) is 0 Å². The third-order valence-corrected chi connectivity index (χ3v) is 6.38.